The molecule has 0 radical (unpaired) electrons. The summed E-state index contributed by atoms with van der Waals surface area (Å²) in [5, 5.41) is 8.67. The van der Waals surface area contributed by atoms with E-state index in [9.17, 15) is 0 Å². The first-order chi connectivity index (χ1) is 7.13. The number of nitrogens with zero attached hydrogens (tertiary/aromatic N) is 1. The molecule has 0 saturated carbocycles. The lowest BCUT2D eigenvalue weighted by atomic mass is 10.1. The molecule has 0 spiro atoms. The zero-order valence-corrected chi connectivity index (χ0v) is 9.70. The second-order valence-corrected chi connectivity index (χ2v) is 4.13. The van der Waals surface area contributed by atoms with Crippen LogP contribution in [0.3, 0.4) is 0 Å². The van der Waals surface area contributed by atoms with Gasteiger partial charge in [-0.2, -0.15) is 0 Å². The maximum Gasteiger partial charge on any atom is 0.0361 e. The van der Waals surface area contributed by atoms with Gasteiger partial charge in [-0.1, -0.05) is 12.1 Å². The number of nitrogens with one attached hydrogen (secondary N) is 1. The highest BCUT2D eigenvalue weighted by Gasteiger charge is 2.01. The zero-order chi connectivity index (χ0) is 11.3. The molecule has 0 bridgehead atoms. The second-order valence-electron chi connectivity index (χ2n) is 4.13. The molecule has 0 saturated heterocycles. The first-order valence-electron chi connectivity index (χ1n) is 5.29. The molecule has 0 aliphatic heterocycles. The van der Waals surface area contributed by atoms with Crippen LogP contribution in [0.25, 0.3) is 0 Å². The predicted octanol–water partition coefficient (Wildman–Crippen LogP) is 2.05. The van der Waals surface area contributed by atoms with E-state index in [0.717, 1.165) is 12.8 Å². The predicted molar refractivity (Wildman–Crippen MR) is 63.5 cm³/mol. The standard InChI is InChI=1S/C12H20N2O/c1-10(13-15)4-5-11-6-8-12(9-7-11)14(2)3/h6-10,13,15H,4-5H2,1-3H3. The third-order valence-corrected chi connectivity index (χ3v) is 2.54. The molecule has 1 unspecified atom stereocenters. The van der Waals surface area contributed by atoms with Crippen molar-refractivity contribution in [2.24, 2.45) is 0 Å². The summed E-state index contributed by atoms with van der Waals surface area (Å²) in [7, 11) is 4.07. The number of aryl methyl sites for hydroxylation is 1. The lowest BCUT2D eigenvalue weighted by Gasteiger charge is -2.13. The molecule has 0 aromatic heterocycles. The Kier molecular flexibility index (Phi) is 4.59. The van der Waals surface area contributed by atoms with Crippen molar-refractivity contribution in [3.8, 4) is 0 Å². The molecule has 3 nitrogen and oxygen atoms in total. The fourth-order valence-corrected chi connectivity index (χ4v) is 1.41. The monoisotopic (exact) mass is 208 g/mol. The largest absolute Gasteiger partial charge is 0.378 e. The minimum atomic E-state index is 0.151. The maximum absolute atomic E-state index is 8.67. The first-order valence-corrected chi connectivity index (χ1v) is 5.29. The number of hydrogen-bond acceptors (Lipinski definition) is 3. The number of benzene rings is 1. The molecule has 1 aromatic rings. The van der Waals surface area contributed by atoms with Crippen molar-refractivity contribution >= 4 is 5.69 Å². The summed E-state index contributed by atoms with van der Waals surface area (Å²) in [5.74, 6) is 0. The first kappa shape index (κ1) is 12.0. The van der Waals surface area contributed by atoms with Crippen molar-refractivity contribution in [1.82, 2.24) is 5.48 Å². The van der Waals surface area contributed by atoms with E-state index in [-0.39, 0.29) is 6.04 Å². The summed E-state index contributed by atoms with van der Waals surface area (Å²) in [6.07, 6.45) is 1.93. The Balaban J connectivity index is 2.50. The van der Waals surface area contributed by atoms with Crippen LogP contribution in [-0.4, -0.2) is 25.3 Å². The second kappa shape index (κ2) is 5.73. The highest BCUT2D eigenvalue weighted by molar-refractivity contribution is 5.45. The van der Waals surface area contributed by atoms with Gasteiger partial charge in [0.1, 0.15) is 0 Å². The highest BCUT2D eigenvalue weighted by atomic mass is 16.5. The summed E-state index contributed by atoms with van der Waals surface area (Å²) in [6, 6.07) is 8.66. The van der Waals surface area contributed by atoms with Gasteiger partial charge in [0.25, 0.3) is 0 Å². The van der Waals surface area contributed by atoms with Crippen molar-refractivity contribution in [3.63, 3.8) is 0 Å². The zero-order valence-electron chi connectivity index (χ0n) is 9.70. The molecule has 0 aliphatic rings. The van der Waals surface area contributed by atoms with Gasteiger partial charge in [-0.05, 0) is 37.5 Å². The van der Waals surface area contributed by atoms with Crippen molar-refractivity contribution in [2.45, 2.75) is 25.8 Å². The summed E-state index contributed by atoms with van der Waals surface area (Å²) in [6.45, 7) is 1.97. The van der Waals surface area contributed by atoms with Crippen LogP contribution in [0, 0.1) is 0 Å². The number of rotatable bonds is 5. The fourth-order valence-electron chi connectivity index (χ4n) is 1.41. The third kappa shape index (κ3) is 3.90. The number of hydrogen-bond donors (Lipinski definition) is 2. The van der Waals surface area contributed by atoms with Crippen molar-refractivity contribution in [1.29, 1.82) is 0 Å². The van der Waals surface area contributed by atoms with E-state index in [4.69, 9.17) is 5.21 Å². The molecule has 0 heterocycles. The molecule has 0 amide bonds. The molecule has 0 fully saturated rings. The summed E-state index contributed by atoms with van der Waals surface area (Å²) < 4.78 is 0. The van der Waals surface area contributed by atoms with Crippen LogP contribution >= 0.6 is 0 Å². The summed E-state index contributed by atoms with van der Waals surface area (Å²) in [4.78, 5) is 2.09. The highest BCUT2D eigenvalue weighted by Crippen LogP contribution is 2.13. The Bertz CT molecular complexity index is 282. The van der Waals surface area contributed by atoms with Crippen LogP contribution in [0.1, 0.15) is 18.9 Å². The van der Waals surface area contributed by atoms with Gasteiger partial charge in [-0.3, -0.25) is 0 Å². The van der Waals surface area contributed by atoms with E-state index in [2.05, 4.69) is 34.6 Å². The van der Waals surface area contributed by atoms with Crippen LogP contribution in [-0.2, 0) is 6.42 Å². The Morgan fingerprint density at radius 2 is 1.87 bits per heavy atom. The quantitative estimate of drug-likeness (QED) is 0.727. The van der Waals surface area contributed by atoms with Gasteiger partial charge in [0.05, 0.1) is 0 Å². The topological polar surface area (TPSA) is 35.5 Å². The fraction of sp³-hybridized carbons (Fsp3) is 0.500. The van der Waals surface area contributed by atoms with E-state index in [1.54, 1.807) is 0 Å². The summed E-state index contributed by atoms with van der Waals surface area (Å²) in [5.41, 5.74) is 4.78. The average molecular weight is 208 g/mol. The van der Waals surface area contributed by atoms with Crippen molar-refractivity contribution in [3.05, 3.63) is 29.8 Å². The van der Waals surface area contributed by atoms with Crippen LogP contribution in [0.4, 0.5) is 5.69 Å². The lowest BCUT2D eigenvalue weighted by molar-refractivity contribution is 0.129. The van der Waals surface area contributed by atoms with Crippen molar-refractivity contribution in [2.75, 3.05) is 19.0 Å². The number of hydroxylamine groups is 1. The van der Waals surface area contributed by atoms with Gasteiger partial charge in [0.2, 0.25) is 0 Å². The summed E-state index contributed by atoms with van der Waals surface area (Å²) >= 11 is 0. The Hall–Kier alpha value is -1.06. The van der Waals surface area contributed by atoms with E-state index in [1.807, 2.05) is 21.0 Å². The van der Waals surface area contributed by atoms with Crippen LogP contribution < -0.4 is 10.4 Å². The van der Waals surface area contributed by atoms with Gasteiger partial charge in [0.15, 0.2) is 0 Å². The minimum Gasteiger partial charge on any atom is -0.378 e. The van der Waals surface area contributed by atoms with E-state index in [1.165, 1.54) is 11.3 Å². The molecule has 3 heteroatoms. The Morgan fingerprint density at radius 1 is 1.27 bits per heavy atom. The molecule has 0 aliphatic carbocycles. The van der Waals surface area contributed by atoms with E-state index in [0.29, 0.717) is 0 Å². The molecule has 15 heavy (non-hydrogen) atoms. The third-order valence-electron chi connectivity index (χ3n) is 2.54. The van der Waals surface area contributed by atoms with Gasteiger partial charge in [-0.25, -0.2) is 5.48 Å². The van der Waals surface area contributed by atoms with Crippen LogP contribution in [0.5, 0.6) is 0 Å². The van der Waals surface area contributed by atoms with E-state index < -0.39 is 0 Å². The molecule has 2 N–H and O–H groups in total. The van der Waals surface area contributed by atoms with Gasteiger partial charge >= 0.3 is 0 Å². The van der Waals surface area contributed by atoms with Gasteiger partial charge in [0, 0.05) is 25.8 Å². The Labute approximate surface area is 91.7 Å². The SMILES string of the molecule is CC(CCc1ccc(N(C)C)cc1)NO. The molecule has 1 rings (SSSR count). The van der Waals surface area contributed by atoms with Gasteiger partial charge < -0.3 is 10.1 Å². The smallest absolute Gasteiger partial charge is 0.0361 e. The van der Waals surface area contributed by atoms with Crippen molar-refractivity contribution < 1.29 is 5.21 Å². The normalized spacial score (nSPS) is 12.5. The van der Waals surface area contributed by atoms with E-state index >= 15 is 0 Å². The van der Waals surface area contributed by atoms with Crippen LogP contribution in [0.2, 0.25) is 0 Å². The Morgan fingerprint density at radius 3 is 2.33 bits per heavy atom. The molecule has 1 aromatic carbocycles. The molecule has 1 atom stereocenters. The lowest BCUT2D eigenvalue weighted by Crippen LogP contribution is -2.22. The van der Waals surface area contributed by atoms with Crippen LogP contribution in [0.15, 0.2) is 24.3 Å². The minimum absolute atomic E-state index is 0.151. The number of anilines is 1. The maximum atomic E-state index is 8.67. The molecule has 84 valence electrons. The average Bonchev–Trinajstić information content (AvgIpc) is 2.26. The molecular formula is C12H20N2O. The molecular weight excluding hydrogens is 188 g/mol. The van der Waals surface area contributed by atoms with Gasteiger partial charge in [-0.15, -0.1) is 0 Å².